The van der Waals surface area contributed by atoms with Crippen LogP contribution in [0.3, 0.4) is 0 Å². The summed E-state index contributed by atoms with van der Waals surface area (Å²) in [5.41, 5.74) is 2.34. The number of para-hydroxylation sites is 1. The third kappa shape index (κ3) is 5.57. The van der Waals surface area contributed by atoms with E-state index in [1.807, 2.05) is 57.2 Å². The number of amides is 1. The number of hydrogen-bond acceptors (Lipinski definition) is 8. The highest BCUT2D eigenvalue weighted by Gasteiger charge is 2.38. The van der Waals surface area contributed by atoms with Gasteiger partial charge in [-0.2, -0.15) is 0 Å². The van der Waals surface area contributed by atoms with Crippen LogP contribution in [0.1, 0.15) is 37.1 Å². The molecule has 0 atom stereocenters. The van der Waals surface area contributed by atoms with Crippen LogP contribution in [0.25, 0.3) is 17.4 Å². The summed E-state index contributed by atoms with van der Waals surface area (Å²) in [4.78, 5) is 47.3. The van der Waals surface area contributed by atoms with Crippen molar-refractivity contribution in [1.82, 2.24) is 18.7 Å². The topological polar surface area (TPSA) is 103 Å². The summed E-state index contributed by atoms with van der Waals surface area (Å²) in [6.07, 6.45) is 4.06. The molecule has 3 aromatic heterocycles. The maximum Gasteiger partial charge on any atom is 0.296 e. The number of pyridine rings is 1. The van der Waals surface area contributed by atoms with Gasteiger partial charge in [-0.05, 0) is 64.0 Å². The van der Waals surface area contributed by atoms with Crippen molar-refractivity contribution in [3.05, 3.63) is 91.1 Å². The summed E-state index contributed by atoms with van der Waals surface area (Å²) < 4.78 is 10.5. The van der Waals surface area contributed by atoms with Crippen LogP contribution in [0.4, 0.5) is 11.5 Å². The predicted molar refractivity (Wildman–Crippen MR) is 172 cm³/mol. The molecule has 4 aromatic rings. The molecule has 218 valence electrons. The summed E-state index contributed by atoms with van der Waals surface area (Å²) in [7, 11) is 1.76. The summed E-state index contributed by atoms with van der Waals surface area (Å²) in [5.74, 6) is -0.109. The largest absolute Gasteiger partial charge is 0.379 e. The van der Waals surface area contributed by atoms with Crippen LogP contribution in [0.5, 0.6) is 0 Å². The number of thioether (sulfide) groups is 1. The quantitative estimate of drug-likeness (QED) is 0.170. The molecule has 1 aliphatic rings. The average Bonchev–Trinajstić information content (AvgIpc) is 3.35. The lowest BCUT2D eigenvalue weighted by atomic mass is 10.2. The van der Waals surface area contributed by atoms with Crippen molar-refractivity contribution in [3.8, 4) is 5.69 Å². The summed E-state index contributed by atoms with van der Waals surface area (Å²) in [6, 6.07) is 12.9. The van der Waals surface area contributed by atoms with Gasteiger partial charge < -0.3 is 10.1 Å². The number of hydrogen-bond donors (Lipinski definition) is 1. The van der Waals surface area contributed by atoms with Crippen LogP contribution in [0, 0.1) is 13.8 Å². The van der Waals surface area contributed by atoms with E-state index in [4.69, 9.17) is 21.9 Å². The molecule has 0 radical (unpaired) electrons. The van der Waals surface area contributed by atoms with Gasteiger partial charge in [0.25, 0.3) is 17.0 Å². The number of fused-ring (bicyclic) bond motifs is 1. The van der Waals surface area contributed by atoms with Gasteiger partial charge in [-0.3, -0.25) is 28.4 Å². The average molecular weight is 605 g/mol. The fourth-order valence-electron chi connectivity index (χ4n) is 4.72. The molecule has 1 aromatic carbocycles. The van der Waals surface area contributed by atoms with Crippen molar-refractivity contribution in [2.45, 2.75) is 40.2 Å². The number of carbonyl (C=O) groups is 1. The minimum absolute atomic E-state index is 0.124. The van der Waals surface area contributed by atoms with Gasteiger partial charge in [0.15, 0.2) is 4.32 Å². The Labute approximate surface area is 252 Å². The SMILES string of the molecule is Cc1ccc2nc(NCCCOC(C)C)c(/C=C3/SC(=S)N(c4c(C)n(C)n(-c5ccccc5)c4=O)C3=O)c(=O)n2c1. The van der Waals surface area contributed by atoms with Crippen molar-refractivity contribution in [2.24, 2.45) is 7.05 Å². The molecule has 0 saturated carbocycles. The first kappa shape index (κ1) is 29.5. The fourth-order valence-corrected chi connectivity index (χ4v) is 5.98. The number of benzene rings is 1. The van der Waals surface area contributed by atoms with Gasteiger partial charge >= 0.3 is 0 Å². The summed E-state index contributed by atoms with van der Waals surface area (Å²) >= 11 is 6.65. The Morgan fingerprint density at radius 2 is 1.81 bits per heavy atom. The summed E-state index contributed by atoms with van der Waals surface area (Å²) in [5, 5.41) is 3.25. The molecule has 10 nitrogen and oxygen atoms in total. The molecule has 42 heavy (non-hydrogen) atoms. The van der Waals surface area contributed by atoms with Gasteiger partial charge in [-0.1, -0.05) is 48.2 Å². The monoisotopic (exact) mass is 604 g/mol. The number of carbonyl (C=O) groups excluding carboxylic acids is 1. The van der Waals surface area contributed by atoms with E-state index in [2.05, 4.69) is 5.32 Å². The standard InChI is InChI=1S/C30H32N6O4S2/c1-18(2)40-15-9-14-31-26-22(27(37)34-17-19(3)12-13-24(34)32-26)16-23-28(38)35(30(41)42-23)25-20(4)33(5)36(29(25)39)21-10-7-6-8-11-21/h6-8,10-13,16-18,31H,9,14-15H2,1-5H3/b23-16+. The Morgan fingerprint density at radius 1 is 1.07 bits per heavy atom. The lowest BCUT2D eigenvalue weighted by Gasteiger charge is -2.13. The van der Waals surface area contributed by atoms with Gasteiger partial charge in [0.1, 0.15) is 17.2 Å². The Balaban J connectivity index is 1.54. The molecule has 12 heteroatoms. The number of thiocarbonyl (C=S) groups is 1. The van der Waals surface area contributed by atoms with E-state index in [-0.39, 0.29) is 37.7 Å². The summed E-state index contributed by atoms with van der Waals surface area (Å²) in [6.45, 7) is 8.69. The number of anilines is 2. The highest BCUT2D eigenvalue weighted by molar-refractivity contribution is 8.27. The smallest absolute Gasteiger partial charge is 0.296 e. The molecule has 5 rings (SSSR count). The molecule has 0 aliphatic carbocycles. The minimum atomic E-state index is -0.471. The third-order valence-corrected chi connectivity index (χ3v) is 8.19. The molecule has 0 spiro atoms. The van der Waals surface area contributed by atoms with Crippen molar-refractivity contribution in [3.63, 3.8) is 0 Å². The molecule has 1 amide bonds. The van der Waals surface area contributed by atoms with Crippen molar-refractivity contribution in [1.29, 1.82) is 0 Å². The molecular formula is C30H32N6O4S2. The Bertz CT molecular complexity index is 1840. The van der Waals surface area contributed by atoms with E-state index in [1.54, 1.807) is 30.9 Å². The molecule has 4 heterocycles. The predicted octanol–water partition coefficient (Wildman–Crippen LogP) is 4.43. The highest BCUT2D eigenvalue weighted by atomic mass is 32.2. The van der Waals surface area contributed by atoms with Crippen LogP contribution in [-0.4, -0.2) is 48.2 Å². The fraction of sp³-hybridized carbons (Fsp3) is 0.300. The molecule has 1 fully saturated rings. The normalized spacial score (nSPS) is 14.6. The second-order valence-electron chi connectivity index (χ2n) is 10.2. The Morgan fingerprint density at radius 3 is 2.52 bits per heavy atom. The highest BCUT2D eigenvalue weighted by Crippen LogP contribution is 2.36. The van der Waals surface area contributed by atoms with Crippen LogP contribution in [0.15, 0.2) is 63.2 Å². The molecule has 0 bridgehead atoms. The number of aryl methyl sites for hydroxylation is 1. The van der Waals surface area contributed by atoms with Crippen LogP contribution >= 0.6 is 24.0 Å². The second-order valence-corrected chi connectivity index (χ2v) is 11.9. The maximum absolute atomic E-state index is 13.8. The zero-order valence-corrected chi connectivity index (χ0v) is 25.7. The van der Waals surface area contributed by atoms with Crippen LogP contribution < -0.4 is 21.3 Å². The first-order chi connectivity index (χ1) is 20.1. The van der Waals surface area contributed by atoms with E-state index in [0.29, 0.717) is 42.4 Å². The van der Waals surface area contributed by atoms with Crippen molar-refractivity contribution in [2.75, 3.05) is 23.4 Å². The number of nitrogens with zero attached hydrogens (tertiary/aromatic N) is 5. The zero-order valence-electron chi connectivity index (χ0n) is 24.1. The van der Waals surface area contributed by atoms with E-state index < -0.39 is 5.91 Å². The van der Waals surface area contributed by atoms with E-state index in [9.17, 15) is 14.4 Å². The van der Waals surface area contributed by atoms with Crippen LogP contribution in [0.2, 0.25) is 0 Å². The molecule has 0 unspecified atom stereocenters. The van der Waals surface area contributed by atoms with Gasteiger partial charge in [-0.15, -0.1) is 0 Å². The number of aromatic nitrogens is 4. The second kappa shape index (κ2) is 12.1. The van der Waals surface area contributed by atoms with Crippen molar-refractivity contribution < 1.29 is 9.53 Å². The van der Waals surface area contributed by atoms with Crippen LogP contribution in [-0.2, 0) is 16.6 Å². The van der Waals surface area contributed by atoms with E-state index in [0.717, 1.165) is 17.3 Å². The Kier molecular flexibility index (Phi) is 8.48. The van der Waals surface area contributed by atoms with Gasteiger partial charge in [-0.25, -0.2) is 9.67 Å². The minimum Gasteiger partial charge on any atom is -0.379 e. The number of ether oxygens (including phenoxy) is 1. The molecular weight excluding hydrogens is 573 g/mol. The third-order valence-electron chi connectivity index (χ3n) is 6.89. The first-order valence-corrected chi connectivity index (χ1v) is 14.8. The lowest BCUT2D eigenvalue weighted by Crippen LogP contribution is -2.33. The number of nitrogens with one attached hydrogen (secondary N) is 1. The Hall–Kier alpha value is -4.00. The molecule has 1 N–H and O–H groups in total. The van der Waals surface area contributed by atoms with Crippen molar-refractivity contribution >= 4 is 57.4 Å². The van der Waals surface area contributed by atoms with Gasteiger partial charge in [0.05, 0.1) is 28.0 Å². The maximum atomic E-state index is 13.8. The molecule has 1 saturated heterocycles. The lowest BCUT2D eigenvalue weighted by molar-refractivity contribution is -0.113. The van der Waals surface area contributed by atoms with Gasteiger partial charge in [0, 0.05) is 26.4 Å². The van der Waals surface area contributed by atoms with Gasteiger partial charge in [0.2, 0.25) is 0 Å². The zero-order chi connectivity index (χ0) is 30.1. The number of rotatable bonds is 9. The first-order valence-electron chi connectivity index (χ1n) is 13.6. The van der Waals surface area contributed by atoms with E-state index >= 15 is 0 Å². The van der Waals surface area contributed by atoms with E-state index in [1.165, 1.54) is 20.1 Å². The molecule has 1 aliphatic heterocycles.